The first-order chi connectivity index (χ1) is 13.8. The lowest BCUT2D eigenvalue weighted by Crippen LogP contribution is -2.11. The van der Waals surface area contributed by atoms with Crippen LogP contribution in [0, 0.1) is 10.1 Å². The lowest BCUT2D eigenvalue weighted by Gasteiger charge is -2.14. The summed E-state index contributed by atoms with van der Waals surface area (Å²) in [5.74, 6) is -0.495. The number of imidazole rings is 1. The molecular formula is C20H18N4O5. The van der Waals surface area contributed by atoms with Gasteiger partial charge in [-0.05, 0) is 24.6 Å². The van der Waals surface area contributed by atoms with E-state index in [-0.39, 0.29) is 17.3 Å². The van der Waals surface area contributed by atoms with Crippen molar-refractivity contribution >= 4 is 23.3 Å². The molecule has 1 heterocycles. The van der Waals surface area contributed by atoms with Gasteiger partial charge in [-0.15, -0.1) is 0 Å². The minimum absolute atomic E-state index is 0.0734. The maximum atomic E-state index is 12.4. The molecular weight excluding hydrogens is 376 g/mol. The summed E-state index contributed by atoms with van der Waals surface area (Å²) in [6.45, 7) is 3.12. The van der Waals surface area contributed by atoms with Crippen LogP contribution >= 0.6 is 0 Å². The molecule has 2 aromatic carbocycles. The van der Waals surface area contributed by atoms with Crippen molar-refractivity contribution in [1.82, 2.24) is 9.97 Å². The summed E-state index contributed by atoms with van der Waals surface area (Å²) in [6, 6.07) is 12.9. The molecule has 0 fully saturated rings. The summed E-state index contributed by atoms with van der Waals surface area (Å²) >= 11 is 0. The second kappa shape index (κ2) is 8.34. The number of rotatable bonds is 6. The number of anilines is 1. The van der Waals surface area contributed by atoms with Crippen LogP contribution in [0.15, 0.2) is 54.7 Å². The molecule has 3 aromatic rings. The van der Waals surface area contributed by atoms with Crippen LogP contribution in [0.1, 0.15) is 36.0 Å². The quantitative estimate of drug-likeness (QED) is 0.371. The van der Waals surface area contributed by atoms with Gasteiger partial charge in [-0.2, -0.15) is 0 Å². The molecule has 29 heavy (non-hydrogen) atoms. The predicted octanol–water partition coefficient (Wildman–Crippen LogP) is 3.86. The van der Waals surface area contributed by atoms with E-state index in [4.69, 9.17) is 4.74 Å². The summed E-state index contributed by atoms with van der Waals surface area (Å²) in [4.78, 5) is 41.0. The van der Waals surface area contributed by atoms with Crippen molar-refractivity contribution in [2.75, 3.05) is 5.32 Å². The van der Waals surface area contributed by atoms with E-state index in [0.29, 0.717) is 22.6 Å². The standard InChI is InChI=1S/C20H18N4O5/c1-12(14-5-3-7-16(9-14)22-13(2)25)29-20(26)18-11-21-19(23-18)15-6-4-8-17(10-15)24(27)28/h3-12H,1-2H3,(H,21,23)(H,22,25)/t12-/m0/s1. The first kappa shape index (κ1) is 19.7. The Morgan fingerprint density at radius 2 is 1.97 bits per heavy atom. The number of non-ortho nitro benzene ring substituents is 1. The first-order valence-electron chi connectivity index (χ1n) is 8.72. The number of benzene rings is 2. The number of aromatic amines is 1. The minimum Gasteiger partial charge on any atom is -0.453 e. The lowest BCUT2D eigenvalue weighted by atomic mass is 10.1. The summed E-state index contributed by atoms with van der Waals surface area (Å²) < 4.78 is 5.46. The van der Waals surface area contributed by atoms with Crippen LogP contribution < -0.4 is 5.32 Å². The van der Waals surface area contributed by atoms with Crippen molar-refractivity contribution in [3.05, 3.63) is 76.1 Å². The van der Waals surface area contributed by atoms with Gasteiger partial charge in [0.05, 0.1) is 11.1 Å². The van der Waals surface area contributed by atoms with E-state index >= 15 is 0 Å². The number of carbonyl (C=O) groups excluding carboxylic acids is 2. The SMILES string of the molecule is CC(=O)Nc1cccc([C@H](C)OC(=O)c2cnc(-c3cccc([N+](=O)[O-])c3)[nH]2)c1. The zero-order chi connectivity index (χ0) is 21.0. The number of carbonyl (C=O) groups is 2. The summed E-state index contributed by atoms with van der Waals surface area (Å²) in [5, 5.41) is 13.6. The Labute approximate surface area is 165 Å². The molecule has 0 spiro atoms. The van der Waals surface area contributed by atoms with Crippen molar-refractivity contribution in [3.63, 3.8) is 0 Å². The second-order valence-electron chi connectivity index (χ2n) is 6.31. The molecule has 0 saturated carbocycles. The summed E-state index contributed by atoms with van der Waals surface area (Å²) in [5.41, 5.74) is 1.84. The average Bonchev–Trinajstić information content (AvgIpc) is 3.18. The Kier molecular flexibility index (Phi) is 5.68. The largest absolute Gasteiger partial charge is 0.453 e. The highest BCUT2D eigenvalue weighted by molar-refractivity contribution is 5.89. The van der Waals surface area contributed by atoms with Gasteiger partial charge in [0.15, 0.2) is 0 Å². The molecule has 9 nitrogen and oxygen atoms in total. The van der Waals surface area contributed by atoms with Gasteiger partial charge < -0.3 is 15.0 Å². The van der Waals surface area contributed by atoms with Crippen LogP contribution in [0.3, 0.4) is 0 Å². The van der Waals surface area contributed by atoms with Crippen molar-refractivity contribution in [2.24, 2.45) is 0 Å². The maximum absolute atomic E-state index is 12.4. The number of aromatic nitrogens is 2. The Morgan fingerprint density at radius 3 is 2.69 bits per heavy atom. The van der Waals surface area contributed by atoms with Gasteiger partial charge in [-0.1, -0.05) is 24.3 Å². The average molecular weight is 394 g/mol. The Balaban J connectivity index is 1.73. The molecule has 9 heteroatoms. The molecule has 1 aromatic heterocycles. The van der Waals surface area contributed by atoms with Gasteiger partial charge in [0.1, 0.15) is 17.6 Å². The van der Waals surface area contributed by atoms with Gasteiger partial charge in [-0.3, -0.25) is 14.9 Å². The highest BCUT2D eigenvalue weighted by Crippen LogP contribution is 2.24. The molecule has 3 rings (SSSR count). The highest BCUT2D eigenvalue weighted by atomic mass is 16.6. The van der Waals surface area contributed by atoms with Crippen molar-refractivity contribution in [3.8, 4) is 11.4 Å². The lowest BCUT2D eigenvalue weighted by molar-refractivity contribution is -0.384. The van der Waals surface area contributed by atoms with Crippen LogP contribution in [-0.2, 0) is 9.53 Å². The molecule has 2 N–H and O–H groups in total. The molecule has 0 aliphatic heterocycles. The second-order valence-corrected chi connectivity index (χ2v) is 6.31. The van der Waals surface area contributed by atoms with Gasteiger partial charge in [-0.25, -0.2) is 9.78 Å². The van der Waals surface area contributed by atoms with E-state index in [1.54, 1.807) is 37.3 Å². The van der Waals surface area contributed by atoms with Gasteiger partial charge in [0.2, 0.25) is 5.91 Å². The third-order valence-corrected chi connectivity index (χ3v) is 4.09. The van der Waals surface area contributed by atoms with E-state index in [1.165, 1.54) is 31.3 Å². The molecule has 0 radical (unpaired) electrons. The fraction of sp³-hybridized carbons (Fsp3) is 0.150. The number of amides is 1. The zero-order valence-corrected chi connectivity index (χ0v) is 15.7. The van der Waals surface area contributed by atoms with Gasteiger partial charge >= 0.3 is 5.97 Å². The molecule has 0 saturated heterocycles. The van der Waals surface area contributed by atoms with E-state index < -0.39 is 17.0 Å². The number of hydrogen-bond donors (Lipinski definition) is 2. The molecule has 0 aliphatic carbocycles. The summed E-state index contributed by atoms with van der Waals surface area (Å²) in [6.07, 6.45) is 0.748. The number of ether oxygens (including phenoxy) is 1. The molecule has 0 aliphatic rings. The fourth-order valence-electron chi connectivity index (χ4n) is 2.70. The number of nitro groups is 1. The zero-order valence-electron chi connectivity index (χ0n) is 15.7. The molecule has 0 unspecified atom stereocenters. The van der Waals surface area contributed by atoms with Gasteiger partial charge in [0, 0.05) is 30.3 Å². The Hall–Kier alpha value is -4.01. The predicted molar refractivity (Wildman–Crippen MR) is 105 cm³/mol. The van der Waals surface area contributed by atoms with Crippen LogP contribution in [-0.4, -0.2) is 26.8 Å². The van der Waals surface area contributed by atoms with Crippen molar-refractivity contribution in [2.45, 2.75) is 20.0 Å². The minimum atomic E-state index is -0.619. The Bertz CT molecular complexity index is 1080. The van der Waals surface area contributed by atoms with E-state index in [0.717, 1.165) is 0 Å². The number of nitrogens with one attached hydrogen (secondary N) is 2. The van der Waals surface area contributed by atoms with Crippen LogP contribution in [0.4, 0.5) is 11.4 Å². The van der Waals surface area contributed by atoms with Gasteiger partial charge in [0.25, 0.3) is 5.69 Å². The third-order valence-electron chi connectivity index (χ3n) is 4.09. The molecule has 148 valence electrons. The smallest absolute Gasteiger partial charge is 0.357 e. The van der Waals surface area contributed by atoms with Crippen LogP contribution in [0.2, 0.25) is 0 Å². The maximum Gasteiger partial charge on any atom is 0.357 e. The van der Waals surface area contributed by atoms with E-state index in [9.17, 15) is 19.7 Å². The van der Waals surface area contributed by atoms with E-state index in [2.05, 4.69) is 15.3 Å². The third kappa shape index (κ3) is 4.83. The summed E-state index contributed by atoms with van der Waals surface area (Å²) in [7, 11) is 0. The number of H-pyrrole nitrogens is 1. The number of nitro benzene ring substituents is 1. The first-order valence-corrected chi connectivity index (χ1v) is 8.72. The number of esters is 1. The molecule has 0 bridgehead atoms. The van der Waals surface area contributed by atoms with Crippen molar-refractivity contribution in [1.29, 1.82) is 0 Å². The fourth-order valence-corrected chi connectivity index (χ4v) is 2.70. The Morgan fingerprint density at radius 1 is 1.21 bits per heavy atom. The van der Waals surface area contributed by atoms with E-state index in [1.807, 2.05) is 0 Å². The van der Waals surface area contributed by atoms with Crippen molar-refractivity contribution < 1.29 is 19.2 Å². The highest BCUT2D eigenvalue weighted by Gasteiger charge is 2.18. The normalized spacial score (nSPS) is 11.5. The monoisotopic (exact) mass is 394 g/mol. The van der Waals surface area contributed by atoms with Crippen LogP contribution in [0.25, 0.3) is 11.4 Å². The molecule has 1 atom stereocenters. The van der Waals surface area contributed by atoms with Crippen LogP contribution in [0.5, 0.6) is 0 Å². The number of nitrogens with zero attached hydrogens (tertiary/aromatic N) is 2. The number of hydrogen-bond acceptors (Lipinski definition) is 6. The molecule has 1 amide bonds. The topological polar surface area (TPSA) is 127 Å².